The van der Waals surface area contributed by atoms with E-state index in [9.17, 15) is 13.2 Å². The Hall–Kier alpha value is -1.60. The van der Waals surface area contributed by atoms with Gasteiger partial charge < -0.3 is 10.1 Å². The largest absolute Gasteiger partial charge is 0.492 e. The maximum atomic E-state index is 13.0. The van der Waals surface area contributed by atoms with E-state index in [2.05, 4.69) is 5.32 Å². The van der Waals surface area contributed by atoms with Crippen molar-refractivity contribution in [1.82, 2.24) is 4.31 Å². The van der Waals surface area contributed by atoms with E-state index in [1.807, 2.05) is 6.92 Å². The number of fused-ring (bicyclic) bond motifs is 2. The summed E-state index contributed by atoms with van der Waals surface area (Å²) in [5.41, 5.74) is 0.457. The van der Waals surface area contributed by atoms with Crippen molar-refractivity contribution in [2.45, 2.75) is 63.2 Å². The molecule has 1 heterocycles. The lowest BCUT2D eigenvalue weighted by atomic mass is 9.86. The van der Waals surface area contributed by atoms with Crippen LogP contribution in [0.2, 0.25) is 0 Å². The van der Waals surface area contributed by atoms with E-state index in [-0.39, 0.29) is 10.8 Å². The standard InChI is InChI=1S/C22H32N2O4S/c1-2-28-21-9-8-19(29(26,27)24-10-4-3-5-11-24)15-20(21)23-22(25)14-18-13-16-6-7-17(18)12-16/h8-9,15-18H,2-7,10-14H2,1H3,(H,23,25)/t16-,17-,18+/m0/s1. The van der Waals surface area contributed by atoms with Gasteiger partial charge in [0.25, 0.3) is 0 Å². The Bertz CT molecular complexity index is 848. The summed E-state index contributed by atoms with van der Waals surface area (Å²) in [4.78, 5) is 13.0. The molecule has 3 atom stereocenters. The smallest absolute Gasteiger partial charge is 0.243 e. The molecule has 3 aliphatic rings. The summed E-state index contributed by atoms with van der Waals surface area (Å²) < 4.78 is 33.3. The van der Waals surface area contributed by atoms with Gasteiger partial charge in [0.05, 0.1) is 17.2 Å². The molecule has 29 heavy (non-hydrogen) atoms. The predicted octanol–water partition coefficient (Wildman–Crippen LogP) is 4.02. The minimum absolute atomic E-state index is 0.0453. The number of amides is 1. The molecule has 2 saturated carbocycles. The number of hydrogen-bond acceptors (Lipinski definition) is 4. The molecule has 1 amide bonds. The first-order valence-corrected chi connectivity index (χ1v) is 12.5. The molecule has 160 valence electrons. The summed E-state index contributed by atoms with van der Waals surface area (Å²) in [6, 6.07) is 4.81. The van der Waals surface area contributed by atoms with Gasteiger partial charge in [0.1, 0.15) is 5.75 Å². The summed E-state index contributed by atoms with van der Waals surface area (Å²) in [5, 5.41) is 2.95. The lowest BCUT2D eigenvalue weighted by Crippen LogP contribution is -2.35. The topological polar surface area (TPSA) is 75.7 Å². The molecule has 1 aromatic rings. The zero-order chi connectivity index (χ0) is 20.4. The van der Waals surface area contributed by atoms with E-state index < -0.39 is 10.0 Å². The lowest BCUT2D eigenvalue weighted by molar-refractivity contribution is -0.117. The van der Waals surface area contributed by atoms with Gasteiger partial charge in [-0.1, -0.05) is 12.8 Å². The van der Waals surface area contributed by atoms with Crippen molar-refractivity contribution in [3.8, 4) is 5.75 Å². The van der Waals surface area contributed by atoms with Gasteiger partial charge in [-0.15, -0.1) is 0 Å². The fraction of sp³-hybridized carbons (Fsp3) is 0.682. The highest BCUT2D eigenvalue weighted by atomic mass is 32.2. The number of benzene rings is 1. The summed E-state index contributed by atoms with van der Waals surface area (Å²) in [5.74, 6) is 2.42. The molecular weight excluding hydrogens is 388 g/mol. The highest BCUT2D eigenvalue weighted by Gasteiger charge is 2.40. The molecule has 0 aromatic heterocycles. The maximum Gasteiger partial charge on any atom is 0.243 e. The number of anilines is 1. The number of sulfonamides is 1. The fourth-order valence-electron chi connectivity index (χ4n) is 5.37. The molecule has 4 rings (SSSR count). The molecule has 2 bridgehead atoms. The van der Waals surface area contributed by atoms with Gasteiger partial charge >= 0.3 is 0 Å². The quantitative estimate of drug-likeness (QED) is 0.723. The van der Waals surface area contributed by atoms with Crippen molar-refractivity contribution in [3.05, 3.63) is 18.2 Å². The Kier molecular flexibility index (Phi) is 6.16. The van der Waals surface area contributed by atoms with Gasteiger partial charge in [0.2, 0.25) is 15.9 Å². The second-order valence-electron chi connectivity index (χ2n) is 8.74. The second-order valence-corrected chi connectivity index (χ2v) is 10.7. The molecule has 6 nitrogen and oxygen atoms in total. The Morgan fingerprint density at radius 3 is 2.62 bits per heavy atom. The highest BCUT2D eigenvalue weighted by molar-refractivity contribution is 7.89. The van der Waals surface area contributed by atoms with Gasteiger partial charge in [-0.3, -0.25) is 4.79 Å². The van der Waals surface area contributed by atoms with Crippen LogP contribution in [0.3, 0.4) is 0 Å². The number of nitrogens with one attached hydrogen (secondary N) is 1. The molecule has 2 aliphatic carbocycles. The molecule has 1 aliphatic heterocycles. The Balaban J connectivity index is 1.51. The van der Waals surface area contributed by atoms with E-state index >= 15 is 0 Å². The number of piperidine rings is 1. The van der Waals surface area contributed by atoms with E-state index in [4.69, 9.17) is 4.74 Å². The van der Waals surface area contributed by atoms with Crippen molar-refractivity contribution in [2.24, 2.45) is 17.8 Å². The Morgan fingerprint density at radius 1 is 1.17 bits per heavy atom. The first-order valence-electron chi connectivity index (χ1n) is 11.0. The van der Waals surface area contributed by atoms with Crippen LogP contribution in [0.25, 0.3) is 0 Å². The van der Waals surface area contributed by atoms with E-state index in [1.54, 1.807) is 22.5 Å². The van der Waals surface area contributed by atoms with Crippen molar-refractivity contribution < 1.29 is 17.9 Å². The van der Waals surface area contributed by atoms with Gasteiger partial charge in [0.15, 0.2) is 0 Å². The first-order chi connectivity index (χ1) is 14.0. The molecule has 1 N–H and O–H groups in total. The average Bonchev–Trinajstić information content (AvgIpc) is 3.33. The predicted molar refractivity (Wildman–Crippen MR) is 112 cm³/mol. The van der Waals surface area contributed by atoms with Crippen LogP contribution in [0.5, 0.6) is 5.75 Å². The van der Waals surface area contributed by atoms with Crippen molar-refractivity contribution >= 4 is 21.6 Å². The second kappa shape index (κ2) is 8.64. The van der Waals surface area contributed by atoms with E-state index in [1.165, 1.54) is 19.3 Å². The zero-order valence-electron chi connectivity index (χ0n) is 17.2. The van der Waals surface area contributed by atoms with Crippen LogP contribution in [0.4, 0.5) is 5.69 Å². The normalized spacial score (nSPS) is 27.1. The third kappa shape index (κ3) is 4.45. The van der Waals surface area contributed by atoms with E-state index in [0.29, 0.717) is 49.4 Å². The highest BCUT2D eigenvalue weighted by Crippen LogP contribution is 2.49. The minimum atomic E-state index is -3.55. The number of carbonyl (C=O) groups is 1. The molecule has 1 aromatic carbocycles. The molecule has 3 fully saturated rings. The van der Waals surface area contributed by atoms with Crippen LogP contribution in [-0.4, -0.2) is 38.3 Å². The Morgan fingerprint density at radius 2 is 1.97 bits per heavy atom. The van der Waals surface area contributed by atoms with Gasteiger partial charge in [0, 0.05) is 19.5 Å². The van der Waals surface area contributed by atoms with Crippen molar-refractivity contribution in [1.29, 1.82) is 0 Å². The molecular formula is C22H32N2O4S. The molecule has 0 radical (unpaired) electrons. The molecule has 0 spiro atoms. The lowest BCUT2D eigenvalue weighted by Gasteiger charge is -2.26. The SMILES string of the molecule is CCOc1ccc(S(=O)(=O)N2CCCCC2)cc1NC(=O)C[C@H]1C[C@H]2CC[C@H]1C2. The summed E-state index contributed by atoms with van der Waals surface area (Å²) in [6.45, 7) is 3.44. The summed E-state index contributed by atoms with van der Waals surface area (Å²) in [6.07, 6.45) is 8.35. The zero-order valence-corrected chi connectivity index (χ0v) is 18.0. The van der Waals surface area contributed by atoms with Crippen molar-refractivity contribution in [3.63, 3.8) is 0 Å². The summed E-state index contributed by atoms with van der Waals surface area (Å²) in [7, 11) is -3.55. The van der Waals surface area contributed by atoms with Crippen LogP contribution < -0.4 is 10.1 Å². The molecule has 7 heteroatoms. The monoisotopic (exact) mass is 420 g/mol. The van der Waals surface area contributed by atoms with Crippen LogP contribution in [-0.2, 0) is 14.8 Å². The van der Waals surface area contributed by atoms with Gasteiger partial charge in [-0.25, -0.2) is 8.42 Å². The third-order valence-corrected chi connectivity index (χ3v) is 8.70. The molecule has 0 unspecified atom stereocenters. The van der Waals surface area contributed by atoms with E-state index in [0.717, 1.165) is 31.6 Å². The van der Waals surface area contributed by atoms with Crippen LogP contribution in [0.15, 0.2) is 23.1 Å². The van der Waals surface area contributed by atoms with Gasteiger partial charge in [-0.05, 0) is 75.0 Å². The minimum Gasteiger partial charge on any atom is -0.492 e. The van der Waals surface area contributed by atoms with Gasteiger partial charge in [-0.2, -0.15) is 4.31 Å². The fourth-order valence-corrected chi connectivity index (χ4v) is 6.91. The molecule has 1 saturated heterocycles. The van der Waals surface area contributed by atoms with Crippen LogP contribution in [0.1, 0.15) is 58.3 Å². The van der Waals surface area contributed by atoms with Crippen LogP contribution in [0, 0.1) is 17.8 Å². The number of hydrogen-bond donors (Lipinski definition) is 1. The third-order valence-electron chi connectivity index (χ3n) is 6.81. The Labute approximate surface area is 174 Å². The average molecular weight is 421 g/mol. The first kappa shape index (κ1) is 20.7. The van der Waals surface area contributed by atoms with Crippen molar-refractivity contribution in [2.75, 3.05) is 25.0 Å². The summed E-state index contributed by atoms with van der Waals surface area (Å²) >= 11 is 0. The maximum absolute atomic E-state index is 13.0. The number of rotatable bonds is 7. The van der Waals surface area contributed by atoms with Crippen LogP contribution >= 0.6 is 0 Å². The number of ether oxygens (including phenoxy) is 1. The number of nitrogens with zero attached hydrogens (tertiary/aromatic N) is 1. The number of carbonyl (C=O) groups excluding carboxylic acids is 1.